The molecule has 0 heterocycles. The molecule has 0 aromatic carbocycles. The molecule has 0 aromatic heterocycles. The predicted molar refractivity (Wildman–Crippen MR) is 418 cm³/mol. The van der Waals surface area contributed by atoms with Crippen molar-refractivity contribution in [1.29, 1.82) is 0 Å². The van der Waals surface area contributed by atoms with Crippen LogP contribution in [0.1, 0.15) is 310 Å². The van der Waals surface area contributed by atoms with Crippen molar-refractivity contribution >= 4 is 39.5 Å². The molecule has 102 heavy (non-hydrogen) atoms. The Balaban J connectivity index is 5.41. The second kappa shape index (κ2) is 74.5. The second-order valence-electron chi connectivity index (χ2n) is 25.9. The maximum absolute atomic E-state index is 13.1. The van der Waals surface area contributed by atoms with Gasteiger partial charge in [-0.15, -0.1) is 0 Å². The van der Waals surface area contributed by atoms with Crippen molar-refractivity contribution in [2.45, 2.75) is 329 Å². The lowest BCUT2D eigenvalue weighted by molar-refractivity contribution is -0.161. The van der Waals surface area contributed by atoms with Crippen LogP contribution < -0.4 is 0 Å². The number of carbonyl (C=O) groups is 4. The monoisotopic (exact) mass is 1470 g/mol. The SMILES string of the molecule is CC/C=C\C/C=C\C/C=C\C/C=C\C/C=C\C/C=C\CCC(=O)OCC(COP(=O)(O)OCC(O)COP(=O)(O)OCC(COC(=O)CCCCCC/C=C\C/C=C\C/C=C\C/C=C\CC)OC(=O)CCCCCCC/C=C\CCCC)OC(=O)CCCCCCCCCCCCCCCCC. The van der Waals surface area contributed by atoms with Gasteiger partial charge < -0.3 is 33.8 Å². The van der Waals surface area contributed by atoms with Gasteiger partial charge in [-0.2, -0.15) is 0 Å². The third-order valence-electron chi connectivity index (χ3n) is 16.1. The van der Waals surface area contributed by atoms with Gasteiger partial charge >= 0.3 is 39.5 Å². The lowest BCUT2D eigenvalue weighted by Crippen LogP contribution is -2.30. The van der Waals surface area contributed by atoms with Crippen LogP contribution in [0.25, 0.3) is 0 Å². The number of rotatable bonds is 73. The summed E-state index contributed by atoms with van der Waals surface area (Å²) in [5.41, 5.74) is 0. The van der Waals surface area contributed by atoms with Gasteiger partial charge in [-0.05, 0) is 122 Å². The number of unbranched alkanes of at least 4 members (excludes halogenated alkanes) is 25. The number of hydrogen-bond acceptors (Lipinski definition) is 15. The van der Waals surface area contributed by atoms with Gasteiger partial charge in [-0.25, -0.2) is 9.13 Å². The first-order chi connectivity index (χ1) is 49.7. The Morgan fingerprint density at radius 2 is 0.539 bits per heavy atom. The third kappa shape index (κ3) is 73.5. The molecule has 17 nitrogen and oxygen atoms in total. The van der Waals surface area contributed by atoms with E-state index in [1.54, 1.807) is 0 Å². The molecule has 0 aromatic rings. The zero-order valence-corrected chi connectivity index (χ0v) is 65.5. The molecule has 5 unspecified atom stereocenters. The molecule has 0 radical (unpaired) electrons. The van der Waals surface area contributed by atoms with Crippen molar-refractivity contribution < 1.29 is 80.2 Å². The average Bonchev–Trinajstić information content (AvgIpc) is 0.939. The number of aliphatic hydroxyl groups excluding tert-OH is 1. The molecule has 0 spiro atoms. The zero-order valence-electron chi connectivity index (χ0n) is 63.7. The Labute approximate surface area is 618 Å². The highest BCUT2D eigenvalue weighted by Crippen LogP contribution is 2.45. The summed E-state index contributed by atoms with van der Waals surface area (Å²) in [5, 5.41) is 10.6. The summed E-state index contributed by atoms with van der Waals surface area (Å²) in [7, 11) is -9.98. The minimum absolute atomic E-state index is 0.0351. The van der Waals surface area contributed by atoms with E-state index in [-0.39, 0.29) is 25.7 Å². The number of hydrogen-bond donors (Lipinski definition) is 3. The molecule has 0 bridgehead atoms. The molecule has 0 aliphatic heterocycles. The van der Waals surface area contributed by atoms with E-state index in [9.17, 15) is 43.2 Å². The van der Waals surface area contributed by atoms with Crippen LogP contribution in [-0.4, -0.2) is 96.7 Å². The lowest BCUT2D eigenvalue weighted by atomic mass is 10.0. The van der Waals surface area contributed by atoms with Gasteiger partial charge in [0.2, 0.25) is 0 Å². The van der Waals surface area contributed by atoms with Gasteiger partial charge in [0.15, 0.2) is 12.2 Å². The van der Waals surface area contributed by atoms with Gasteiger partial charge in [0.1, 0.15) is 19.3 Å². The fraction of sp³-hybridized carbons (Fsp3) is 0.687. The van der Waals surface area contributed by atoms with Crippen molar-refractivity contribution in [2.24, 2.45) is 0 Å². The summed E-state index contributed by atoms with van der Waals surface area (Å²) in [6.45, 7) is 4.50. The fourth-order valence-electron chi connectivity index (χ4n) is 10.2. The number of phosphoric acid groups is 2. The first kappa shape index (κ1) is 97.2. The number of ether oxygens (including phenoxy) is 4. The second-order valence-corrected chi connectivity index (χ2v) is 28.8. The maximum atomic E-state index is 13.1. The summed E-state index contributed by atoms with van der Waals surface area (Å²) in [6.07, 6.45) is 83.1. The third-order valence-corrected chi connectivity index (χ3v) is 18.0. The summed E-state index contributed by atoms with van der Waals surface area (Å²) in [4.78, 5) is 72.9. The highest BCUT2D eigenvalue weighted by Gasteiger charge is 2.30. The summed E-state index contributed by atoms with van der Waals surface area (Å²) < 4.78 is 68.4. The Hall–Kier alpha value is -4.80. The van der Waals surface area contributed by atoms with Gasteiger partial charge in [-0.3, -0.25) is 37.3 Å². The Morgan fingerprint density at radius 1 is 0.284 bits per heavy atom. The van der Waals surface area contributed by atoms with Gasteiger partial charge in [-0.1, -0.05) is 296 Å². The van der Waals surface area contributed by atoms with Crippen LogP contribution in [0.2, 0.25) is 0 Å². The van der Waals surface area contributed by atoms with Crippen molar-refractivity contribution in [3.8, 4) is 0 Å². The van der Waals surface area contributed by atoms with Gasteiger partial charge in [0, 0.05) is 25.7 Å². The van der Waals surface area contributed by atoms with Crippen LogP contribution in [-0.2, 0) is 65.4 Å². The molecule has 0 saturated carbocycles. The van der Waals surface area contributed by atoms with Crippen molar-refractivity contribution in [3.63, 3.8) is 0 Å². The Kier molecular flexibility index (Phi) is 71.0. The highest BCUT2D eigenvalue weighted by atomic mass is 31.2. The molecule has 584 valence electrons. The first-order valence-corrected chi connectivity index (χ1v) is 42.4. The minimum Gasteiger partial charge on any atom is -0.462 e. The van der Waals surface area contributed by atoms with Crippen molar-refractivity contribution in [3.05, 3.63) is 134 Å². The summed E-state index contributed by atoms with van der Waals surface area (Å²) in [6, 6.07) is 0. The van der Waals surface area contributed by atoms with E-state index in [0.29, 0.717) is 32.1 Å². The van der Waals surface area contributed by atoms with Crippen LogP contribution in [0, 0.1) is 0 Å². The molecule has 0 aliphatic rings. The van der Waals surface area contributed by atoms with E-state index in [2.05, 4.69) is 143 Å². The number of aliphatic hydroxyl groups is 1. The molecular weight excluding hydrogens is 1330 g/mol. The lowest BCUT2D eigenvalue weighted by Gasteiger charge is -2.21. The number of phosphoric ester groups is 2. The molecule has 19 heteroatoms. The molecule has 5 atom stereocenters. The maximum Gasteiger partial charge on any atom is 0.472 e. The summed E-state index contributed by atoms with van der Waals surface area (Å²) in [5.74, 6) is -2.30. The highest BCUT2D eigenvalue weighted by molar-refractivity contribution is 7.47. The Bertz CT molecular complexity index is 2460. The standard InChI is InChI=1S/C83H140O17P2/c1-5-9-13-17-21-25-29-32-35-37-38-40-43-45-49-52-56-60-64-68-81(86)94-74-79(100-83(88)70-66-62-58-54-50-46-41-34-31-27-23-19-15-11-7-3)76-98-102(91,92)96-72-77(84)71-95-101(89,90)97-75-78(99-82(87)69-65-61-57-53-47-28-24-20-16-12-8-4)73-93-80(85)67-63-59-55-51-48-44-42-39-36-33-30-26-22-18-14-10-6-2/h9-10,13-14,20-22,24-26,32-33,35-36,38,40,42,44-45,49,56,60,77-79,84H,5-8,11-12,15-19,23,27-31,34,37,39,41,43,46-48,50-55,57-59,61-76H2,1-4H3,(H,89,90)(H,91,92)/b13-9-,14-10-,24-20-,25-21-,26-22-,35-32-,36-33-,40-38-,44-42-,49-45-,60-56-. The quantitative estimate of drug-likeness (QED) is 0.0169. The Morgan fingerprint density at radius 3 is 0.882 bits per heavy atom. The van der Waals surface area contributed by atoms with Crippen molar-refractivity contribution in [2.75, 3.05) is 39.6 Å². The van der Waals surface area contributed by atoms with Crippen molar-refractivity contribution in [1.82, 2.24) is 0 Å². The van der Waals surface area contributed by atoms with E-state index in [0.717, 1.165) is 148 Å². The molecule has 3 N–H and O–H groups in total. The molecule has 0 saturated heterocycles. The molecule has 0 amide bonds. The topological polar surface area (TPSA) is 237 Å². The normalized spacial score (nSPS) is 14.6. The predicted octanol–water partition coefficient (Wildman–Crippen LogP) is 22.9. The van der Waals surface area contributed by atoms with Crippen LogP contribution in [0.5, 0.6) is 0 Å². The first-order valence-electron chi connectivity index (χ1n) is 39.4. The molecule has 0 fully saturated rings. The average molecular weight is 1470 g/mol. The number of carbonyl (C=O) groups excluding carboxylic acids is 4. The van der Waals surface area contributed by atoms with Gasteiger partial charge in [0.25, 0.3) is 0 Å². The minimum atomic E-state index is -4.99. The number of allylic oxidation sites excluding steroid dienone is 22. The fourth-order valence-corrected chi connectivity index (χ4v) is 11.7. The van der Waals surface area contributed by atoms with E-state index in [1.807, 2.05) is 18.2 Å². The van der Waals surface area contributed by atoms with E-state index in [1.165, 1.54) is 77.0 Å². The molecular formula is C83H140O17P2. The van der Waals surface area contributed by atoms with E-state index < -0.39 is 97.5 Å². The van der Waals surface area contributed by atoms with Gasteiger partial charge in [0.05, 0.1) is 26.4 Å². The van der Waals surface area contributed by atoms with E-state index in [4.69, 9.17) is 37.0 Å². The van der Waals surface area contributed by atoms with Crippen LogP contribution in [0.3, 0.4) is 0 Å². The van der Waals surface area contributed by atoms with Crippen LogP contribution in [0.4, 0.5) is 0 Å². The molecule has 0 aliphatic carbocycles. The largest absolute Gasteiger partial charge is 0.472 e. The van der Waals surface area contributed by atoms with Crippen LogP contribution in [0.15, 0.2) is 134 Å². The number of esters is 4. The van der Waals surface area contributed by atoms with E-state index >= 15 is 0 Å². The smallest absolute Gasteiger partial charge is 0.462 e. The molecule has 0 rings (SSSR count). The zero-order chi connectivity index (χ0) is 74.6. The van der Waals surface area contributed by atoms with Crippen LogP contribution >= 0.6 is 15.6 Å². The summed E-state index contributed by atoms with van der Waals surface area (Å²) >= 11 is 0.